The number of benzene rings is 2. The molecular weight excluding hydrogens is 298 g/mol. The highest BCUT2D eigenvalue weighted by Gasteiger charge is 2.36. The van der Waals surface area contributed by atoms with E-state index in [1.165, 1.54) is 11.1 Å². The van der Waals surface area contributed by atoms with Gasteiger partial charge in [-0.3, -0.25) is 4.79 Å². The van der Waals surface area contributed by atoms with Crippen molar-refractivity contribution in [2.45, 2.75) is 44.1 Å². The number of hydrogen-bond acceptors (Lipinski definition) is 2. The molecule has 0 aromatic heterocycles. The fraction of sp³-hybridized carbons (Fsp3) is 0.381. The van der Waals surface area contributed by atoms with Crippen LogP contribution in [0.4, 0.5) is 0 Å². The summed E-state index contributed by atoms with van der Waals surface area (Å²) in [6.45, 7) is 5.00. The first-order valence-electron chi connectivity index (χ1n) is 8.68. The van der Waals surface area contributed by atoms with Gasteiger partial charge in [0, 0.05) is 5.56 Å². The van der Waals surface area contributed by atoms with Gasteiger partial charge in [0.25, 0.3) is 0 Å². The van der Waals surface area contributed by atoms with Gasteiger partial charge < -0.3 is 10.1 Å². The molecule has 1 heterocycles. The molecule has 3 nitrogen and oxygen atoms in total. The molecule has 2 atom stereocenters. The average molecular weight is 321 g/mol. The van der Waals surface area contributed by atoms with Gasteiger partial charge in [-0.15, -0.1) is 0 Å². The van der Waals surface area contributed by atoms with Crippen molar-refractivity contribution in [2.75, 3.05) is 6.61 Å². The predicted molar refractivity (Wildman–Crippen MR) is 94.3 cm³/mol. The molecule has 2 aliphatic rings. The zero-order valence-corrected chi connectivity index (χ0v) is 14.2. The second-order valence-corrected chi connectivity index (χ2v) is 7.47. The number of rotatable bonds is 2. The zero-order chi connectivity index (χ0) is 16.7. The van der Waals surface area contributed by atoms with Gasteiger partial charge in [0.1, 0.15) is 18.3 Å². The van der Waals surface area contributed by atoms with E-state index in [4.69, 9.17) is 4.74 Å². The Kier molecular flexibility index (Phi) is 3.60. The molecule has 2 unspecified atom stereocenters. The lowest BCUT2D eigenvalue weighted by molar-refractivity contribution is -0.123. The van der Waals surface area contributed by atoms with Crippen LogP contribution in [-0.2, 0) is 10.2 Å². The highest BCUT2D eigenvalue weighted by Crippen LogP contribution is 2.42. The van der Waals surface area contributed by atoms with Crippen molar-refractivity contribution in [1.29, 1.82) is 0 Å². The van der Waals surface area contributed by atoms with Crippen LogP contribution in [-0.4, -0.2) is 12.5 Å². The summed E-state index contributed by atoms with van der Waals surface area (Å²) in [7, 11) is 0. The topological polar surface area (TPSA) is 38.3 Å². The van der Waals surface area contributed by atoms with E-state index < -0.39 is 0 Å². The number of nitrogens with one attached hydrogen (secondary N) is 1. The average Bonchev–Trinajstić information content (AvgIpc) is 3.02. The van der Waals surface area contributed by atoms with Crippen molar-refractivity contribution < 1.29 is 9.53 Å². The minimum absolute atomic E-state index is 0.0689. The molecule has 3 heteroatoms. The van der Waals surface area contributed by atoms with Crippen LogP contribution in [0.3, 0.4) is 0 Å². The van der Waals surface area contributed by atoms with Crippen LogP contribution >= 0.6 is 0 Å². The number of amides is 1. The molecule has 124 valence electrons. The first-order valence-corrected chi connectivity index (χ1v) is 8.68. The lowest BCUT2D eigenvalue weighted by atomic mass is 9.71. The van der Waals surface area contributed by atoms with E-state index in [2.05, 4.69) is 43.4 Å². The van der Waals surface area contributed by atoms with Crippen molar-refractivity contribution in [3.8, 4) is 5.75 Å². The Morgan fingerprint density at radius 3 is 2.62 bits per heavy atom. The molecule has 0 spiro atoms. The standard InChI is InChI=1S/C21H23NO2/c1-21(2)12-11-18(15-8-3-5-9-17(15)21)22-20(23)16-13-24-19-10-6-4-7-14(16)19/h3-10,16,18H,11-13H2,1-2H3,(H,22,23). The van der Waals surface area contributed by atoms with Gasteiger partial charge in [0.05, 0.1) is 6.04 Å². The third kappa shape index (κ3) is 2.48. The predicted octanol–water partition coefficient (Wildman–Crippen LogP) is 4.09. The lowest BCUT2D eigenvalue weighted by Gasteiger charge is -2.37. The molecule has 24 heavy (non-hydrogen) atoms. The Morgan fingerprint density at radius 1 is 1.08 bits per heavy atom. The summed E-state index contributed by atoms with van der Waals surface area (Å²) < 4.78 is 5.66. The van der Waals surface area contributed by atoms with Crippen molar-refractivity contribution in [3.63, 3.8) is 0 Å². The molecule has 1 aliphatic heterocycles. The number of para-hydroxylation sites is 1. The smallest absolute Gasteiger partial charge is 0.231 e. The highest BCUT2D eigenvalue weighted by molar-refractivity contribution is 5.86. The van der Waals surface area contributed by atoms with Gasteiger partial charge in [-0.2, -0.15) is 0 Å². The summed E-state index contributed by atoms with van der Waals surface area (Å²) in [4.78, 5) is 12.9. The monoisotopic (exact) mass is 321 g/mol. The van der Waals surface area contributed by atoms with Gasteiger partial charge in [0.15, 0.2) is 0 Å². The van der Waals surface area contributed by atoms with Crippen molar-refractivity contribution >= 4 is 5.91 Å². The van der Waals surface area contributed by atoms with Crippen molar-refractivity contribution in [1.82, 2.24) is 5.32 Å². The number of hydrogen-bond donors (Lipinski definition) is 1. The summed E-state index contributed by atoms with van der Waals surface area (Å²) in [5.41, 5.74) is 3.78. The number of carbonyl (C=O) groups excluding carboxylic acids is 1. The largest absolute Gasteiger partial charge is 0.492 e. The maximum Gasteiger partial charge on any atom is 0.231 e. The van der Waals surface area contributed by atoms with E-state index in [9.17, 15) is 4.79 Å². The van der Waals surface area contributed by atoms with Gasteiger partial charge in [-0.1, -0.05) is 56.3 Å². The van der Waals surface area contributed by atoms with Gasteiger partial charge in [-0.25, -0.2) is 0 Å². The second kappa shape index (κ2) is 5.66. The SMILES string of the molecule is CC1(C)CCC(NC(=O)C2COc3ccccc32)c2ccccc21. The Bertz CT molecular complexity index is 781. The van der Waals surface area contributed by atoms with Gasteiger partial charge in [-0.05, 0) is 35.4 Å². The molecule has 1 amide bonds. The molecular formula is C21H23NO2. The van der Waals surface area contributed by atoms with Crippen molar-refractivity contribution in [2.24, 2.45) is 0 Å². The molecule has 1 aliphatic carbocycles. The summed E-state index contributed by atoms with van der Waals surface area (Å²) in [5, 5.41) is 3.28. The van der Waals surface area contributed by atoms with E-state index >= 15 is 0 Å². The van der Waals surface area contributed by atoms with Crippen LogP contribution < -0.4 is 10.1 Å². The number of ether oxygens (including phenoxy) is 1. The molecule has 0 saturated carbocycles. The van der Waals surface area contributed by atoms with Crippen LogP contribution in [0.1, 0.15) is 55.3 Å². The first-order chi connectivity index (χ1) is 11.6. The maximum absolute atomic E-state index is 12.9. The molecule has 0 radical (unpaired) electrons. The zero-order valence-electron chi connectivity index (χ0n) is 14.2. The minimum atomic E-state index is -0.205. The maximum atomic E-state index is 12.9. The van der Waals surface area contributed by atoms with Crippen LogP contribution in [0.15, 0.2) is 48.5 Å². The van der Waals surface area contributed by atoms with Crippen molar-refractivity contribution in [3.05, 3.63) is 65.2 Å². The summed E-state index contributed by atoms with van der Waals surface area (Å²) in [6, 6.07) is 16.4. The molecule has 1 N–H and O–H groups in total. The van der Waals surface area contributed by atoms with Crippen LogP contribution in [0.5, 0.6) is 5.75 Å². The van der Waals surface area contributed by atoms with Crippen LogP contribution in [0.2, 0.25) is 0 Å². The van der Waals surface area contributed by atoms with Crippen LogP contribution in [0, 0.1) is 0 Å². The lowest BCUT2D eigenvalue weighted by Crippen LogP contribution is -2.38. The Balaban J connectivity index is 1.57. The molecule has 2 aromatic rings. The highest BCUT2D eigenvalue weighted by atomic mass is 16.5. The van der Waals surface area contributed by atoms with E-state index in [0.717, 1.165) is 24.2 Å². The molecule has 0 bridgehead atoms. The second-order valence-electron chi connectivity index (χ2n) is 7.47. The molecule has 0 saturated heterocycles. The third-order valence-electron chi connectivity index (χ3n) is 5.46. The molecule has 4 rings (SSSR count). The quantitative estimate of drug-likeness (QED) is 0.904. The summed E-state index contributed by atoms with van der Waals surface area (Å²) >= 11 is 0. The number of carbonyl (C=O) groups is 1. The molecule has 0 fully saturated rings. The summed E-state index contributed by atoms with van der Waals surface area (Å²) in [5.74, 6) is 0.700. The van der Waals surface area contributed by atoms with E-state index in [1.807, 2.05) is 24.3 Å². The van der Waals surface area contributed by atoms with Gasteiger partial charge >= 0.3 is 0 Å². The fourth-order valence-electron chi connectivity index (χ4n) is 4.01. The Morgan fingerprint density at radius 2 is 1.79 bits per heavy atom. The van der Waals surface area contributed by atoms with E-state index in [-0.39, 0.29) is 23.3 Å². The van der Waals surface area contributed by atoms with E-state index in [1.54, 1.807) is 0 Å². The Hall–Kier alpha value is -2.29. The molecule has 2 aromatic carbocycles. The van der Waals surface area contributed by atoms with Crippen LogP contribution in [0.25, 0.3) is 0 Å². The summed E-state index contributed by atoms with van der Waals surface area (Å²) in [6.07, 6.45) is 2.05. The normalized spacial score (nSPS) is 23.8. The fourth-order valence-corrected chi connectivity index (χ4v) is 4.01. The van der Waals surface area contributed by atoms with Gasteiger partial charge in [0.2, 0.25) is 5.91 Å². The first kappa shape index (κ1) is 15.3. The number of fused-ring (bicyclic) bond motifs is 2. The minimum Gasteiger partial charge on any atom is -0.492 e. The third-order valence-corrected chi connectivity index (χ3v) is 5.46. The van der Waals surface area contributed by atoms with E-state index in [0.29, 0.717) is 6.61 Å². The Labute approximate surface area is 143 Å².